The normalized spacial score (nSPS) is 60.9. The summed E-state index contributed by atoms with van der Waals surface area (Å²) in [6.07, 6.45) is 13.3. The minimum Gasteiger partial charge on any atom is -0.396 e. The van der Waals surface area contributed by atoms with Gasteiger partial charge in [-0.15, -0.1) is 0 Å². The Labute approximate surface area is 188 Å². The molecule has 31 heavy (non-hydrogen) atoms. The number of ether oxygens (including phenoxy) is 2. The van der Waals surface area contributed by atoms with Crippen LogP contribution in [0, 0.1) is 46.3 Å². The van der Waals surface area contributed by atoms with E-state index >= 15 is 0 Å². The zero-order valence-electron chi connectivity index (χ0n) is 19.9. The molecule has 2 saturated heterocycles. The fourth-order valence-electron chi connectivity index (χ4n) is 10.3. The Balaban J connectivity index is 1.33. The van der Waals surface area contributed by atoms with Crippen LogP contribution in [-0.2, 0) is 9.47 Å². The molecule has 4 heteroatoms. The Bertz CT molecular complexity index is 716. The third-order valence-corrected chi connectivity index (χ3v) is 12.0. The van der Waals surface area contributed by atoms with Crippen LogP contribution in [0.2, 0.25) is 0 Å². The second-order valence-corrected chi connectivity index (χ2v) is 13.0. The van der Waals surface area contributed by atoms with Gasteiger partial charge in [-0.25, -0.2) is 0 Å². The molecule has 4 aliphatic carbocycles. The summed E-state index contributed by atoms with van der Waals surface area (Å²) < 4.78 is 13.0. The van der Waals surface area contributed by atoms with Gasteiger partial charge in [0, 0.05) is 11.8 Å². The van der Waals surface area contributed by atoms with Crippen molar-refractivity contribution in [3.63, 3.8) is 0 Å². The number of fused-ring (bicyclic) bond motifs is 7. The number of aliphatic hydroxyl groups excluding tert-OH is 1. The van der Waals surface area contributed by atoms with Crippen LogP contribution in [0.4, 0.5) is 0 Å². The van der Waals surface area contributed by atoms with Gasteiger partial charge in [-0.3, -0.25) is 0 Å². The van der Waals surface area contributed by atoms with Crippen LogP contribution in [0.5, 0.6) is 0 Å². The van der Waals surface area contributed by atoms with Crippen molar-refractivity contribution in [3.8, 4) is 0 Å². The third kappa shape index (κ3) is 2.57. The molecule has 2 aliphatic heterocycles. The molecule has 0 amide bonds. The van der Waals surface area contributed by atoms with Crippen molar-refractivity contribution in [3.05, 3.63) is 0 Å². The smallest absolute Gasteiger partial charge is 0.176 e. The Morgan fingerprint density at radius 1 is 0.935 bits per heavy atom. The molecule has 0 radical (unpaired) electrons. The highest BCUT2D eigenvalue weighted by Gasteiger charge is 2.77. The summed E-state index contributed by atoms with van der Waals surface area (Å²) in [7, 11) is 0. The summed E-state index contributed by atoms with van der Waals surface area (Å²) >= 11 is 0. The maximum absolute atomic E-state index is 12.5. The highest BCUT2D eigenvalue weighted by atomic mass is 16.7. The van der Waals surface area contributed by atoms with Gasteiger partial charge in [0.15, 0.2) is 5.79 Å². The Hall–Kier alpha value is -0.160. The van der Waals surface area contributed by atoms with Crippen LogP contribution in [0.3, 0.4) is 0 Å². The van der Waals surface area contributed by atoms with Crippen molar-refractivity contribution in [2.24, 2.45) is 46.3 Å². The molecule has 0 aromatic heterocycles. The lowest BCUT2D eigenvalue weighted by Crippen LogP contribution is -2.61. The van der Waals surface area contributed by atoms with E-state index in [0.717, 1.165) is 37.5 Å². The van der Waals surface area contributed by atoms with Crippen LogP contribution in [-0.4, -0.2) is 40.9 Å². The van der Waals surface area contributed by atoms with Crippen LogP contribution in [0.15, 0.2) is 0 Å². The summed E-state index contributed by atoms with van der Waals surface area (Å²) in [6, 6.07) is 0. The maximum atomic E-state index is 12.5. The van der Waals surface area contributed by atoms with Gasteiger partial charge < -0.3 is 19.7 Å². The molecular formula is C27H44O4. The first-order valence-electron chi connectivity index (χ1n) is 13.4. The van der Waals surface area contributed by atoms with Gasteiger partial charge in [0.05, 0.1) is 25.2 Å². The molecule has 4 saturated carbocycles. The van der Waals surface area contributed by atoms with Gasteiger partial charge in [0.25, 0.3) is 0 Å². The van der Waals surface area contributed by atoms with E-state index in [2.05, 4.69) is 20.8 Å². The van der Waals surface area contributed by atoms with Crippen molar-refractivity contribution in [1.29, 1.82) is 0 Å². The van der Waals surface area contributed by atoms with Crippen molar-refractivity contribution in [2.45, 2.75) is 109 Å². The van der Waals surface area contributed by atoms with Gasteiger partial charge in [-0.1, -0.05) is 33.6 Å². The first-order chi connectivity index (χ1) is 14.8. The van der Waals surface area contributed by atoms with Crippen molar-refractivity contribution in [2.75, 3.05) is 13.2 Å². The zero-order chi connectivity index (χ0) is 21.6. The van der Waals surface area contributed by atoms with E-state index in [9.17, 15) is 10.2 Å². The second-order valence-electron chi connectivity index (χ2n) is 13.0. The predicted octanol–water partition coefficient (Wildman–Crippen LogP) is 4.91. The largest absolute Gasteiger partial charge is 0.396 e. The Morgan fingerprint density at radius 3 is 2.52 bits per heavy atom. The van der Waals surface area contributed by atoms with E-state index in [1.807, 2.05) is 0 Å². The molecule has 1 spiro atoms. The quantitative estimate of drug-likeness (QED) is 0.618. The summed E-state index contributed by atoms with van der Waals surface area (Å²) in [4.78, 5) is 0. The van der Waals surface area contributed by atoms with E-state index in [1.54, 1.807) is 0 Å². The van der Waals surface area contributed by atoms with Crippen LogP contribution < -0.4 is 0 Å². The third-order valence-electron chi connectivity index (χ3n) is 12.0. The molecule has 6 rings (SSSR count). The monoisotopic (exact) mass is 432 g/mol. The molecule has 6 fully saturated rings. The molecule has 0 bridgehead atoms. The second kappa shape index (κ2) is 6.93. The number of hydrogen-bond acceptors (Lipinski definition) is 4. The molecule has 4 nitrogen and oxygen atoms in total. The van der Waals surface area contributed by atoms with Crippen molar-refractivity contribution < 1.29 is 19.7 Å². The van der Waals surface area contributed by atoms with E-state index < -0.39 is 11.4 Å². The average molecular weight is 433 g/mol. The Kier molecular flexibility index (Phi) is 4.78. The van der Waals surface area contributed by atoms with Crippen molar-refractivity contribution in [1.82, 2.24) is 0 Å². The molecular weight excluding hydrogens is 388 g/mol. The molecule has 11 atom stereocenters. The summed E-state index contributed by atoms with van der Waals surface area (Å²) in [5.74, 6) is 2.35. The standard InChI is InChI=1S/C27H44O4/c1-17-9-13-26(30-16-17)22(15-28)27(29)23(31-26)14-21-19-8-7-18-6-4-5-11-24(18,2)20(19)10-12-25(21,27)3/h17-23,28-29H,4-16H2,1-3H3/t17?,18?,19-,20+,21+,22+,23+,24+,25+,26-,27-/m1/s1. The lowest BCUT2D eigenvalue weighted by Gasteiger charge is -2.61. The predicted molar refractivity (Wildman–Crippen MR) is 119 cm³/mol. The van der Waals surface area contributed by atoms with Gasteiger partial charge in [-0.05, 0) is 86.4 Å². The molecule has 6 aliphatic rings. The van der Waals surface area contributed by atoms with Crippen LogP contribution in [0.1, 0.15) is 91.4 Å². The topological polar surface area (TPSA) is 58.9 Å². The number of hydrogen-bond donors (Lipinski definition) is 2. The van der Waals surface area contributed by atoms with Gasteiger partial charge in [0.2, 0.25) is 0 Å². The van der Waals surface area contributed by atoms with E-state index in [4.69, 9.17) is 9.47 Å². The van der Waals surface area contributed by atoms with Crippen molar-refractivity contribution >= 4 is 0 Å². The lowest BCUT2D eigenvalue weighted by atomic mass is 9.44. The fraction of sp³-hybridized carbons (Fsp3) is 1.00. The SMILES string of the molecule is CC1CC[C@@]2(OC1)O[C@H]1C[C@H]3[C@@H]4CCC5CCCC[C@]5(C)[C@H]4CC[C@]3(C)[C@@]1(O)[C@H]2CO. The summed E-state index contributed by atoms with van der Waals surface area (Å²) in [5.41, 5.74) is -0.647. The minimum absolute atomic E-state index is 0.0441. The van der Waals surface area contributed by atoms with Crippen LogP contribution in [0.25, 0.3) is 0 Å². The lowest BCUT2D eigenvalue weighted by molar-refractivity contribution is -0.281. The van der Waals surface area contributed by atoms with Gasteiger partial charge in [-0.2, -0.15) is 0 Å². The first-order valence-corrected chi connectivity index (χ1v) is 13.4. The van der Waals surface area contributed by atoms with Gasteiger partial charge >= 0.3 is 0 Å². The highest BCUT2D eigenvalue weighted by molar-refractivity contribution is 5.23. The summed E-state index contributed by atoms with van der Waals surface area (Å²) in [5, 5.41) is 23.0. The average Bonchev–Trinajstić information content (AvgIpc) is 3.12. The summed E-state index contributed by atoms with van der Waals surface area (Å²) in [6.45, 7) is 7.80. The molecule has 176 valence electrons. The molecule has 2 heterocycles. The van der Waals surface area contributed by atoms with Crippen LogP contribution >= 0.6 is 0 Å². The zero-order valence-corrected chi connectivity index (χ0v) is 19.9. The minimum atomic E-state index is -0.970. The van der Waals surface area contributed by atoms with E-state index in [-0.39, 0.29) is 24.0 Å². The fourth-order valence-corrected chi connectivity index (χ4v) is 10.3. The molecule has 2 unspecified atom stereocenters. The van der Waals surface area contributed by atoms with Gasteiger partial charge in [0.1, 0.15) is 5.60 Å². The first kappa shape index (κ1) is 21.4. The number of aliphatic hydroxyl groups is 2. The molecule has 2 N–H and O–H groups in total. The number of rotatable bonds is 1. The molecule has 0 aromatic rings. The van der Waals surface area contributed by atoms with E-state index in [1.165, 1.54) is 44.9 Å². The maximum Gasteiger partial charge on any atom is 0.176 e. The molecule has 0 aromatic carbocycles. The Morgan fingerprint density at radius 2 is 1.77 bits per heavy atom. The highest BCUT2D eigenvalue weighted by Crippen LogP contribution is 2.72. The van der Waals surface area contributed by atoms with E-state index in [0.29, 0.717) is 29.8 Å².